The van der Waals surface area contributed by atoms with E-state index in [9.17, 15) is 9.90 Å². The highest BCUT2D eigenvalue weighted by Crippen LogP contribution is 2.17. The molecule has 1 saturated heterocycles. The third kappa shape index (κ3) is 3.05. The molecule has 0 amide bonds. The van der Waals surface area contributed by atoms with Crippen LogP contribution in [0.2, 0.25) is 0 Å². The van der Waals surface area contributed by atoms with Crippen molar-refractivity contribution < 1.29 is 19.4 Å². The average molecular weight is 222 g/mol. The highest BCUT2D eigenvalue weighted by molar-refractivity contribution is 5.70. The highest BCUT2D eigenvalue weighted by Gasteiger charge is 2.27. The van der Waals surface area contributed by atoms with Gasteiger partial charge >= 0.3 is 5.97 Å². The van der Waals surface area contributed by atoms with Crippen LogP contribution >= 0.6 is 0 Å². The first kappa shape index (κ1) is 11.1. The molecule has 16 heavy (non-hydrogen) atoms. The van der Waals surface area contributed by atoms with Crippen LogP contribution in [-0.4, -0.2) is 23.5 Å². The third-order valence-corrected chi connectivity index (χ3v) is 2.41. The minimum absolute atomic E-state index is 0.0607. The number of carbonyl (C=O) groups excluding carboxylic acids is 1. The van der Waals surface area contributed by atoms with E-state index in [1.165, 1.54) is 0 Å². The summed E-state index contributed by atoms with van der Waals surface area (Å²) in [4.78, 5) is 11.0. The molecule has 1 fully saturated rings. The van der Waals surface area contributed by atoms with Gasteiger partial charge in [-0.25, -0.2) is 0 Å². The minimum Gasteiger partial charge on any atom is -0.436 e. The van der Waals surface area contributed by atoms with E-state index in [2.05, 4.69) is 0 Å². The predicted octanol–water partition coefficient (Wildman–Crippen LogP) is 1.23. The lowest BCUT2D eigenvalue weighted by molar-refractivity contribution is -0.202. The Morgan fingerprint density at radius 1 is 1.38 bits per heavy atom. The number of cyclic esters (lactones) is 1. The molecule has 1 aliphatic heterocycles. The summed E-state index contributed by atoms with van der Waals surface area (Å²) in [6.45, 7) is 0.380. The van der Waals surface area contributed by atoms with Gasteiger partial charge in [0.1, 0.15) is 0 Å². The van der Waals surface area contributed by atoms with Crippen LogP contribution in [0.3, 0.4) is 0 Å². The summed E-state index contributed by atoms with van der Waals surface area (Å²) in [5, 5.41) is 9.37. The fourth-order valence-electron chi connectivity index (χ4n) is 1.61. The van der Waals surface area contributed by atoms with Gasteiger partial charge in [-0.3, -0.25) is 4.79 Å². The summed E-state index contributed by atoms with van der Waals surface area (Å²) in [5.41, 5.74) is 1.01. The molecule has 2 atom stereocenters. The molecular formula is C12H14O4. The van der Waals surface area contributed by atoms with Crippen molar-refractivity contribution in [1.29, 1.82) is 0 Å². The number of aliphatic hydroxyl groups is 1. The lowest BCUT2D eigenvalue weighted by atomic mass is 10.1. The van der Waals surface area contributed by atoms with Gasteiger partial charge in [0.2, 0.25) is 6.29 Å². The summed E-state index contributed by atoms with van der Waals surface area (Å²) in [6.07, 6.45) is -0.873. The maximum absolute atomic E-state index is 11.0. The van der Waals surface area contributed by atoms with Gasteiger partial charge in [0.05, 0.1) is 19.1 Å². The Balaban J connectivity index is 1.84. The van der Waals surface area contributed by atoms with Crippen molar-refractivity contribution in [3.8, 4) is 0 Å². The molecule has 4 heteroatoms. The van der Waals surface area contributed by atoms with Crippen LogP contribution in [0.1, 0.15) is 18.4 Å². The molecule has 0 aromatic heterocycles. The largest absolute Gasteiger partial charge is 0.436 e. The van der Waals surface area contributed by atoms with Gasteiger partial charge in [0, 0.05) is 6.42 Å². The fourth-order valence-corrected chi connectivity index (χ4v) is 1.61. The van der Waals surface area contributed by atoms with Gasteiger partial charge in [0.25, 0.3) is 0 Å². The molecule has 1 aliphatic rings. The molecule has 1 N–H and O–H groups in total. The van der Waals surface area contributed by atoms with E-state index < -0.39 is 18.4 Å². The molecule has 0 aliphatic carbocycles. The van der Waals surface area contributed by atoms with Crippen molar-refractivity contribution in [3.05, 3.63) is 35.9 Å². The first-order chi connectivity index (χ1) is 7.74. The number of benzene rings is 1. The van der Waals surface area contributed by atoms with Gasteiger partial charge < -0.3 is 14.6 Å². The summed E-state index contributed by atoms with van der Waals surface area (Å²) >= 11 is 0. The van der Waals surface area contributed by atoms with E-state index in [1.807, 2.05) is 30.3 Å². The maximum atomic E-state index is 11.0. The highest BCUT2D eigenvalue weighted by atomic mass is 16.7. The SMILES string of the molecule is O=C1C[C@@H](O)C[C@H](OCc2ccccc2)O1. The van der Waals surface area contributed by atoms with Crippen LogP contribution in [0, 0.1) is 0 Å². The van der Waals surface area contributed by atoms with E-state index in [1.54, 1.807) is 0 Å². The number of carbonyl (C=O) groups is 1. The smallest absolute Gasteiger partial charge is 0.310 e. The first-order valence-corrected chi connectivity index (χ1v) is 5.27. The van der Waals surface area contributed by atoms with Crippen LogP contribution in [0.4, 0.5) is 0 Å². The second-order valence-electron chi connectivity index (χ2n) is 3.81. The molecule has 2 rings (SSSR count). The van der Waals surface area contributed by atoms with Crippen LogP contribution in [0.5, 0.6) is 0 Å². The van der Waals surface area contributed by atoms with E-state index in [0.717, 1.165) is 5.56 Å². The molecule has 0 radical (unpaired) electrons. The molecular weight excluding hydrogens is 208 g/mol. The Morgan fingerprint density at radius 2 is 2.12 bits per heavy atom. The molecule has 0 spiro atoms. The summed E-state index contributed by atoms with van der Waals surface area (Å²) in [5.74, 6) is -0.406. The van der Waals surface area contributed by atoms with Crippen molar-refractivity contribution >= 4 is 5.97 Å². The molecule has 0 unspecified atom stereocenters. The zero-order valence-corrected chi connectivity index (χ0v) is 8.83. The van der Waals surface area contributed by atoms with Crippen molar-refractivity contribution in [1.82, 2.24) is 0 Å². The van der Waals surface area contributed by atoms with Crippen LogP contribution in [0.25, 0.3) is 0 Å². The van der Waals surface area contributed by atoms with Gasteiger partial charge in [-0.15, -0.1) is 0 Å². The molecule has 1 aromatic rings. The minimum atomic E-state index is -0.651. The Bertz CT molecular complexity index is 349. The number of aliphatic hydroxyl groups excluding tert-OH is 1. The number of hydrogen-bond acceptors (Lipinski definition) is 4. The Morgan fingerprint density at radius 3 is 2.81 bits per heavy atom. The molecule has 1 aromatic carbocycles. The van der Waals surface area contributed by atoms with Crippen molar-refractivity contribution in [3.63, 3.8) is 0 Å². The van der Waals surface area contributed by atoms with Crippen LogP contribution in [0.15, 0.2) is 30.3 Å². The summed E-state index contributed by atoms with van der Waals surface area (Å²) in [7, 11) is 0. The molecule has 0 bridgehead atoms. The van der Waals surface area contributed by atoms with Gasteiger partial charge in [0.15, 0.2) is 0 Å². The molecule has 1 heterocycles. The van der Waals surface area contributed by atoms with Gasteiger partial charge in [-0.2, -0.15) is 0 Å². The lowest BCUT2D eigenvalue weighted by Gasteiger charge is -2.25. The quantitative estimate of drug-likeness (QED) is 0.781. The standard InChI is InChI=1S/C12H14O4/c13-10-6-11(14)16-12(7-10)15-8-9-4-2-1-3-5-9/h1-5,10,12-13H,6-8H2/t10-,12-/m1/s1. The van der Waals surface area contributed by atoms with Crippen molar-refractivity contribution in [2.75, 3.05) is 0 Å². The van der Waals surface area contributed by atoms with Crippen LogP contribution < -0.4 is 0 Å². The Hall–Kier alpha value is -1.39. The second-order valence-corrected chi connectivity index (χ2v) is 3.81. The number of hydrogen-bond donors (Lipinski definition) is 1. The van der Waals surface area contributed by atoms with Crippen molar-refractivity contribution in [2.45, 2.75) is 31.8 Å². The second kappa shape index (κ2) is 5.09. The number of esters is 1. The maximum Gasteiger partial charge on any atom is 0.310 e. The molecule has 4 nitrogen and oxygen atoms in total. The topological polar surface area (TPSA) is 55.8 Å². The van der Waals surface area contributed by atoms with E-state index in [4.69, 9.17) is 9.47 Å². The lowest BCUT2D eigenvalue weighted by Crippen LogP contribution is -2.34. The average Bonchev–Trinajstić information content (AvgIpc) is 2.27. The van der Waals surface area contributed by atoms with E-state index >= 15 is 0 Å². The Kier molecular flexibility index (Phi) is 3.54. The Labute approximate surface area is 93.8 Å². The normalized spacial score (nSPS) is 25.2. The zero-order valence-electron chi connectivity index (χ0n) is 8.83. The monoisotopic (exact) mass is 222 g/mol. The van der Waals surface area contributed by atoms with E-state index in [-0.39, 0.29) is 6.42 Å². The number of rotatable bonds is 3. The van der Waals surface area contributed by atoms with Crippen molar-refractivity contribution in [2.24, 2.45) is 0 Å². The summed E-state index contributed by atoms with van der Waals surface area (Å²) < 4.78 is 10.4. The predicted molar refractivity (Wildman–Crippen MR) is 56.4 cm³/mol. The third-order valence-electron chi connectivity index (χ3n) is 2.41. The van der Waals surface area contributed by atoms with E-state index in [0.29, 0.717) is 13.0 Å². The summed E-state index contributed by atoms with van der Waals surface area (Å²) in [6, 6.07) is 9.62. The first-order valence-electron chi connectivity index (χ1n) is 5.27. The molecule has 86 valence electrons. The van der Waals surface area contributed by atoms with Gasteiger partial charge in [-0.05, 0) is 5.56 Å². The molecule has 0 saturated carbocycles. The number of ether oxygens (including phenoxy) is 2. The fraction of sp³-hybridized carbons (Fsp3) is 0.417. The van der Waals surface area contributed by atoms with Crippen LogP contribution in [-0.2, 0) is 20.9 Å². The zero-order chi connectivity index (χ0) is 11.4. The van der Waals surface area contributed by atoms with Gasteiger partial charge in [-0.1, -0.05) is 30.3 Å².